The SMILES string of the molecule is Cc1ccc(CNc2nnc(CC(C)C)s2)cc1[N+](=O)[O-]. The first kappa shape index (κ1) is 15.4. The molecule has 0 saturated carbocycles. The summed E-state index contributed by atoms with van der Waals surface area (Å²) in [5.41, 5.74) is 1.67. The van der Waals surface area contributed by atoms with Crippen LogP contribution in [0.3, 0.4) is 0 Å². The first-order valence-electron chi connectivity index (χ1n) is 6.76. The predicted molar refractivity (Wildman–Crippen MR) is 83.6 cm³/mol. The van der Waals surface area contributed by atoms with Gasteiger partial charge in [0, 0.05) is 24.6 Å². The number of aryl methyl sites for hydroxylation is 1. The van der Waals surface area contributed by atoms with Gasteiger partial charge in [0.25, 0.3) is 5.69 Å². The van der Waals surface area contributed by atoms with E-state index < -0.39 is 0 Å². The summed E-state index contributed by atoms with van der Waals surface area (Å²) < 4.78 is 0. The summed E-state index contributed by atoms with van der Waals surface area (Å²) in [6.07, 6.45) is 0.912. The molecule has 0 radical (unpaired) electrons. The number of nitrogens with one attached hydrogen (secondary N) is 1. The maximum atomic E-state index is 10.9. The molecule has 1 aromatic heterocycles. The molecule has 0 bridgehead atoms. The van der Waals surface area contributed by atoms with Gasteiger partial charge in [-0.05, 0) is 18.4 Å². The number of hydrogen-bond donors (Lipinski definition) is 1. The smallest absolute Gasteiger partial charge is 0.272 e. The lowest BCUT2D eigenvalue weighted by atomic mass is 10.1. The van der Waals surface area contributed by atoms with Crippen LogP contribution >= 0.6 is 11.3 Å². The molecule has 0 fully saturated rings. The number of nitrogens with zero attached hydrogens (tertiary/aromatic N) is 3. The van der Waals surface area contributed by atoms with Crippen molar-refractivity contribution < 1.29 is 4.92 Å². The van der Waals surface area contributed by atoms with Gasteiger partial charge >= 0.3 is 0 Å². The zero-order chi connectivity index (χ0) is 15.4. The number of rotatable bonds is 6. The largest absolute Gasteiger partial charge is 0.356 e. The monoisotopic (exact) mass is 306 g/mol. The van der Waals surface area contributed by atoms with Crippen LogP contribution in [0.4, 0.5) is 10.8 Å². The van der Waals surface area contributed by atoms with Crippen LogP contribution in [0.1, 0.15) is 30.0 Å². The molecule has 0 spiro atoms. The average molecular weight is 306 g/mol. The topological polar surface area (TPSA) is 81.0 Å². The molecule has 1 aromatic carbocycles. The molecule has 0 atom stereocenters. The zero-order valence-corrected chi connectivity index (χ0v) is 13.1. The average Bonchev–Trinajstić information content (AvgIpc) is 2.84. The summed E-state index contributed by atoms with van der Waals surface area (Å²) in [4.78, 5) is 10.6. The van der Waals surface area contributed by atoms with Gasteiger partial charge < -0.3 is 5.32 Å². The predicted octanol–water partition coefficient (Wildman–Crippen LogP) is 3.57. The molecule has 1 heterocycles. The Hall–Kier alpha value is -2.02. The van der Waals surface area contributed by atoms with Crippen LogP contribution in [-0.2, 0) is 13.0 Å². The highest BCUT2D eigenvalue weighted by atomic mass is 32.1. The van der Waals surface area contributed by atoms with E-state index in [2.05, 4.69) is 29.4 Å². The van der Waals surface area contributed by atoms with Crippen LogP contribution in [0.5, 0.6) is 0 Å². The Labute approximate surface area is 127 Å². The molecule has 1 N–H and O–H groups in total. The zero-order valence-electron chi connectivity index (χ0n) is 12.3. The third-order valence-electron chi connectivity index (χ3n) is 2.96. The molecule has 2 aromatic rings. The number of anilines is 1. The van der Waals surface area contributed by atoms with Gasteiger partial charge in [-0.3, -0.25) is 10.1 Å². The van der Waals surface area contributed by atoms with Crippen molar-refractivity contribution in [2.75, 3.05) is 5.32 Å². The fourth-order valence-electron chi connectivity index (χ4n) is 1.90. The standard InChI is InChI=1S/C14H18N4O2S/c1-9(2)6-13-16-17-14(21-13)15-8-11-5-4-10(3)12(7-11)18(19)20/h4-5,7,9H,6,8H2,1-3H3,(H,15,17). The second-order valence-electron chi connectivity index (χ2n) is 5.33. The van der Waals surface area contributed by atoms with Crippen molar-refractivity contribution in [1.29, 1.82) is 0 Å². The van der Waals surface area contributed by atoms with E-state index in [-0.39, 0.29) is 10.6 Å². The van der Waals surface area contributed by atoms with Crippen LogP contribution in [0, 0.1) is 23.0 Å². The maximum Gasteiger partial charge on any atom is 0.272 e. The second-order valence-corrected chi connectivity index (χ2v) is 6.39. The van der Waals surface area contributed by atoms with E-state index in [0.29, 0.717) is 18.0 Å². The summed E-state index contributed by atoms with van der Waals surface area (Å²) in [6.45, 7) is 6.51. The van der Waals surface area contributed by atoms with Crippen molar-refractivity contribution in [3.05, 3.63) is 44.4 Å². The third kappa shape index (κ3) is 4.22. The molecular formula is C14H18N4O2S. The van der Waals surface area contributed by atoms with Crippen LogP contribution in [-0.4, -0.2) is 15.1 Å². The minimum atomic E-state index is -0.357. The van der Waals surface area contributed by atoms with Crippen molar-refractivity contribution in [2.24, 2.45) is 5.92 Å². The van der Waals surface area contributed by atoms with E-state index in [1.165, 1.54) is 11.3 Å². The molecule has 0 unspecified atom stereocenters. The highest BCUT2D eigenvalue weighted by molar-refractivity contribution is 7.15. The summed E-state index contributed by atoms with van der Waals surface area (Å²) in [6, 6.07) is 5.24. The van der Waals surface area contributed by atoms with Crippen molar-refractivity contribution >= 4 is 22.2 Å². The summed E-state index contributed by atoms with van der Waals surface area (Å²) in [5, 5.41) is 24.0. The molecule has 112 valence electrons. The maximum absolute atomic E-state index is 10.9. The van der Waals surface area contributed by atoms with E-state index in [0.717, 1.165) is 22.1 Å². The van der Waals surface area contributed by atoms with Gasteiger partial charge in [0.15, 0.2) is 0 Å². The second kappa shape index (κ2) is 6.62. The molecule has 0 aliphatic carbocycles. The highest BCUT2D eigenvalue weighted by Crippen LogP contribution is 2.22. The lowest BCUT2D eigenvalue weighted by Gasteiger charge is -2.04. The number of hydrogen-bond acceptors (Lipinski definition) is 6. The van der Waals surface area contributed by atoms with Crippen LogP contribution in [0.15, 0.2) is 18.2 Å². The number of aromatic nitrogens is 2. The third-order valence-corrected chi connectivity index (χ3v) is 3.87. The summed E-state index contributed by atoms with van der Waals surface area (Å²) >= 11 is 1.53. The molecule has 0 aliphatic rings. The van der Waals surface area contributed by atoms with Gasteiger partial charge in [-0.25, -0.2) is 0 Å². The minimum Gasteiger partial charge on any atom is -0.356 e. The van der Waals surface area contributed by atoms with Gasteiger partial charge in [0.2, 0.25) is 5.13 Å². The Bertz CT molecular complexity index is 640. The van der Waals surface area contributed by atoms with Crippen molar-refractivity contribution in [1.82, 2.24) is 10.2 Å². The number of benzene rings is 1. The molecule has 7 heteroatoms. The Morgan fingerprint density at radius 2 is 2.14 bits per heavy atom. The molecular weight excluding hydrogens is 288 g/mol. The van der Waals surface area contributed by atoms with Crippen LogP contribution < -0.4 is 5.32 Å². The summed E-state index contributed by atoms with van der Waals surface area (Å²) in [7, 11) is 0. The van der Waals surface area contributed by atoms with Crippen molar-refractivity contribution in [2.45, 2.75) is 33.7 Å². The number of nitro benzene ring substituents is 1. The Kier molecular flexibility index (Phi) is 4.85. The van der Waals surface area contributed by atoms with E-state index in [1.807, 2.05) is 6.07 Å². The van der Waals surface area contributed by atoms with Crippen molar-refractivity contribution in [3.8, 4) is 0 Å². The molecule has 0 amide bonds. The van der Waals surface area contributed by atoms with Crippen LogP contribution in [0.2, 0.25) is 0 Å². The lowest BCUT2D eigenvalue weighted by molar-refractivity contribution is -0.385. The molecule has 2 rings (SSSR count). The first-order chi connectivity index (χ1) is 9.95. The van der Waals surface area contributed by atoms with E-state index in [1.54, 1.807) is 19.1 Å². The minimum absolute atomic E-state index is 0.145. The van der Waals surface area contributed by atoms with E-state index >= 15 is 0 Å². The van der Waals surface area contributed by atoms with E-state index in [9.17, 15) is 10.1 Å². The molecule has 21 heavy (non-hydrogen) atoms. The van der Waals surface area contributed by atoms with Crippen LogP contribution in [0.25, 0.3) is 0 Å². The van der Waals surface area contributed by atoms with Gasteiger partial charge in [0.05, 0.1) is 4.92 Å². The molecule has 0 saturated heterocycles. The van der Waals surface area contributed by atoms with Gasteiger partial charge in [-0.1, -0.05) is 37.3 Å². The Morgan fingerprint density at radius 3 is 2.81 bits per heavy atom. The number of nitro groups is 1. The highest BCUT2D eigenvalue weighted by Gasteiger charge is 2.11. The lowest BCUT2D eigenvalue weighted by Crippen LogP contribution is -2.00. The van der Waals surface area contributed by atoms with Gasteiger partial charge in [0.1, 0.15) is 5.01 Å². The first-order valence-corrected chi connectivity index (χ1v) is 7.57. The Balaban J connectivity index is 2.01. The molecule has 0 aliphatic heterocycles. The normalized spacial score (nSPS) is 10.9. The van der Waals surface area contributed by atoms with Gasteiger partial charge in [-0.2, -0.15) is 0 Å². The molecule has 6 nitrogen and oxygen atoms in total. The van der Waals surface area contributed by atoms with Gasteiger partial charge in [-0.15, -0.1) is 10.2 Å². The summed E-state index contributed by atoms with van der Waals surface area (Å²) in [5.74, 6) is 0.547. The fraction of sp³-hybridized carbons (Fsp3) is 0.429. The Morgan fingerprint density at radius 1 is 1.38 bits per heavy atom. The quantitative estimate of drug-likeness (QED) is 0.652. The van der Waals surface area contributed by atoms with Crippen molar-refractivity contribution in [3.63, 3.8) is 0 Å². The van der Waals surface area contributed by atoms with E-state index in [4.69, 9.17) is 0 Å². The fourth-order valence-corrected chi connectivity index (χ4v) is 2.84.